The van der Waals surface area contributed by atoms with E-state index in [4.69, 9.17) is 4.74 Å². The Labute approximate surface area is 148 Å². The molecule has 1 aromatic heterocycles. The molecule has 2 aliphatic heterocycles. The second-order valence-corrected chi connectivity index (χ2v) is 10.2. The molecule has 0 radical (unpaired) electrons. The van der Waals surface area contributed by atoms with Gasteiger partial charge in [-0.25, -0.2) is 17.7 Å². The van der Waals surface area contributed by atoms with Gasteiger partial charge in [0.2, 0.25) is 10.0 Å². The molecule has 3 rings (SSSR count). The highest BCUT2D eigenvalue weighted by molar-refractivity contribution is 7.88. The Bertz CT molecular complexity index is 666. The number of hydrogen-bond acceptors (Lipinski definition) is 6. The van der Waals surface area contributed by atoms with Crippen molar-refractivity contribution >= 4 is 21.4 Å². The van der Waals surface area contributed by atoms with E-state index in [1.807, 2.05) is 6.92 Å². The maximum absolute atomic E-state index is 12.0. The average molecular weight is 374 g/mol. The van der Waals surface area contributed by atoms with E-state index in [1.54, 1.807) is 22.8 Å². The molecule has 0 amide bonds. The van der Waals surface area contributed by atoms with E-state index >= 15 is 0 Å². The van der Waals surface area contributed by atoms with Crippen molar-refractivity contribution in [3.63, 3.8) is 0 Å². The van der Waals surface area contributed by atoms with Gasteiger partial charge in [-0.3, -0.25) is 4.90 Å². The third-order valence-corrected chi connectivity index (χ3v) is 7.66. The Hall–Kier alpha value is -0.540. The SMILES string of the molecule is COC[C@H]1CN(S(C)(=O)=O)CC12CCN(Cc1nc(C)cs1)CC2. The molecule has 2 fully saturated rings. The van der Waals surface area contributed by atoms with Gasteiger partial charge in [0, 0.05) is 37.2 Å². The van der Waals surface area contributed by atoms with Crippen molar-refractivity contribution in [2.75, 3.05) is 46.2 Å². The first-order valence-corrected chi connectivity index (χ1v) is 11.1. The first kappa shape index (κ1) is 18.3. The first-order chi connectivity index (χ1) is 11.3. The molecule has 6 nitrogen and oxygen atoms in total. The van der Waals surface area contributed by atoms with Crippen LogP contribution >= 0.6 is 11.3 Å². The molecule has 0 unspecified atom stereocenters. The fraction of sp³-hybridized carbons (Fsp3) is 0.812. The summed E-state index contributed by atoms with van der Waals surface area (Å²) in [6.45, 7) is 6.80. The summed E-state index contributed by atoms with van der Waals surface area (Å²) in [6, 6.07) is 0. The highest BCUT2D eigenvalue weighted by atomic mass is 32.2. The molecule has 8 heteroatoms. The number of likely N-dealkylation sites (tertiary alicyclic amines) is 1. The lowest BCUT2D eigenvalue weighted by atomic mass is 9.71. The van der Waals surface area contributed by atoms with Crippen molar-refractivity contribution in [3.05, 3.63) is 16.1 Å². The summed E-state index contributed by atoms with van der Waals surface area (Å²) in [5, 5.41) is 3.26. The van der Waals surface area contributed by atoms with Crippen LogP contribution in [0.1, 0.15) is 23.5 Å². The van der Waals surface area contributed by atoms with Gasteiger partial charge in [0.15, 0.2) is 0 Å². The highest BCUT2D eigenvalue weighted by Crippen LogP contribution is 2.45. The number of methoxy groups -OCH3 is 1. The summed E-state index contributed by atoms with van der Waals surface area (Å²) < 4.78 is 31.0. The minimum atomic E-state index is -3.13. The standard InChI is InChI=1S/C16H27N3O3S2/c1-13-11-23-15(17-13)9-18-6-4-16(5-7-18)12-19(24(3,20)21)8-14(16)10-22-2/h11,14H,4-10,12H2,1-3H3/t14-/m1/s1. The summed E-state index contributed by atoms with van der Waals surface area (Å²) >= 11 is 1.72. The van der Waals surface area contributed by atoms with Crippen LogP contribution in [0.4, 0.5) is 0 Å². The van der Waals surface area contributed by atoms with Crippen molar-refractivity contribution in [2.45, 2.75) is 26.3 Å². The molecule has 0 N–H and O–H groups in total. The molecule has 24 heavy (non-hydrogen) atoms. The van der Waals surface area contributed by atoms with Crippen LogP contribution in [-0.4, -0.2) is 68.8 Å². The van der Waals surface area contributed by atoms with E-state index in [-0.39, 0.29) is 5.41 Å². The van der Waals surface area contributed by atoms with Gasteiger partial charge >= 0.3 is 0 Å². The molecule has 2 aliphatic rings. The van der Waals surface area contributed by atoms with Gasteiger partial charge in [-0.2, -0.15) is 0 Å². The number of nitrogens with zero attached hydrogens (tertiary/aromatic N) is 3. The molecular weight excluding hydrogens is 346 g/mol. The zero-order valence-electron chi connectivity index (χ0n) is 14.7. The fourth-order valence-corrected chi connectivity index (χ4v) is 5.81. The second kappa shape index (κ2) is 6.99. The number of aromatic nitrogens is 1. The zero-order chi connectivity index (χ0) is 17.4. The molecule has 1 atom stereocenters. The maximum atomic E-state index is 12.0. The molecule has 0 bridgehead atoms. The number of thiazole rings is 1. The lowest BCUT2D eigenvalue weighted by Crippen LogP contribution is -2.45. The lowest BCUT2D eigenvalue weighted by molar-refractivity contribution is 0.0357. The number of aryl methyl sites for hydroxylation is 1. The van der Waals surface area contributed by atoms with E-state index in [9.17, 15) is 8.42 Å². The van der Waals surface area contributed by atoms with Crippen molar-refractivity contribution in [2.24, 2.45) is 11.3 Å². The van der Waals surface area contributed by atoms with Crippen LogP contribution in [0.15, 0.2) is 5.38 Å². The lowest BCUT2D eigenvalue weighted by Gasteiger charge is -2.42. The monoisotopic (exact) mass is 373 g/mol. The molecule has 1 spiro atoms. The maximum Gasteiger partial charge on any atom is 0.211 e. The Morgan fingerprint density at radius 2 is 2.12 bits per heavy atom. The molecule has 2 saturated heterocycles. The molecule has 1 aromatic rings. The summed E-state index contributed by atoms with van der Waals surface area (Å²) in [5.41, 5.74) is 1.15. The molecule has 3 heterocycles. The Morgan fingerprint density at radius 1 is 1.42 bits per heavy atom. The van der Waals surface area contributed by atoms with Crippen LogP contribution < -0.4 is 0 Å². The number of sulfonamides is 1. The zero-order valence-corrected chi connectivity index (χ0v) is 16.3. The van der Waals surface area contributed by atoms with E-state index in [0.29, 0.717) is 25.6 Å². The molecule has 136 valence electrons. The highest BCUT2D eigenvalue weighted by Gasteiger charge is 2.50. The van der Waals surface area contributed by atoms with E-state index in [2.05, 4.69) is 15.3 Å². The number of hydrogen-bond donors (Lipinski definition) is 0. The van der Waals surface area contributed by atoms with Crippen LogP contribution in [0, 0.1) is 18.3 Å². The Kier molecular flexibility index (Phi) is 5.32. The van der Waals surface area contributed by atoms with Crippen LogP contribution in [0.3, 0.4) is 0 Å². The Morgan fingerprint density at radius 3 is 2.67 bits per heavy atom. The molecule has 0 aliphatic carbocycles. The fourth-order valence-electron chi connectivity index (χ4n) is 4.06. The third-order valence-electron chi connectivity index (χ3n) is 5.50. The number of piperidine rings is 1. The van der Waals surface area contributed by atoms with E-state index in [1.165, 1.54) is 11.3 Å². The smallest absolute Gasteiger partial charge is 0.211 e. The van der Waals surface area contributed by atoms with Crippen LogP contribution in [0.5, 0.6) is 0 Å². The quantitative estimate of drug-likeness (QED) is 0.784. The normalized spacial score (nSPS) is 25.5. The first-order valence-electron chi connectivity index (χ1n) is 8.40. The van der Waals surface area contributed by atoms with Gasteiger partial charge in [0.25, 0.3) is 0 Å². The predicted octanol–water partition coefficient (Wildman–Crippen LogP) is 1.57. The predicted molar refractivity (Wildman–Crippen MR) is 95.6 cm³/mol. The van der Waals surface area contributed by atoms with Crippen molar-refractivity contribution < 1.29 is 13.2 Å². The minimum absolute atomic E-state index is 0.0639. The van der Waals surface area contributed by atoms with Crippen LogP contribution in [0.25, 0.3) is 0 Å². The number of rotatable bonds is 5. The molecular formula is C16H27N3O3S2. The van der Waals surface area contributed by atoms with Gasteiger partial charge in [-0.1, -0.05) is 0 Å². The summed E-state index contributed by atoms with van der Waals surface area (Å²) in [7, 11) is -1.43. The van der Waals surface area contributed by atoms with Gasteiger partial charge in [0.1, 0.15) is 5.01 Å². The summed E-state index contributed by atoms with van der Waals surface area (Å²) in [5.74, 6) is 0.293. The molecule has 0 saturated carbocycles. The topological polar surface area (TPSA) is 62.7 Å². The van der Waals surface area contributed by atoms with Crippen molar-refractivity contribution in [1.29, 1.82) is 0 Å². The number of ether oxygens (including phenoxy) is 1. The largest absolute Gasteiger partial charge is 0.384 e. The van der Waals surface area contributed by atoms with Crippen LogP contribution in [-0.2, 0) is 21.3 Å². The molecule has 0 aromatic carbocycles. The van der Waals surface area contributed by atoms with E-state index in [0.717, 1.165) is 38.2 Å². The third kappa shape index (κ3) is 3.83. The summed E-state index contributed by atoms with van der Waals surface area (Å²) in [4.78, 5) is 6.99. The van der Waals surface area contributed by atoms with Crippen molar-refractivity contribution in [1.82, 2.24) is 14.2 Å². The van der Waals surface area contributed by atoms with Gasteiger partial charge in [0.05, 0.1) is 19.4 Å². The average Bonchev–Trinajstić information content (AvgIpc) is 3.07. The van der Waals surface area contributed by atoms with E-state index < -0.39 is 10.0 Å². The van der Waals surface area contributed by atoms with Gasteiger partial charge in [-0.05, 0) is 38.3 Å². The van der Waals surface area contributed by atoms with Gasteiger partial charge < -0.3 is 4.74 Å². The minimum Gasteiger partial charge on any atom is -0.384 e. The van der Waals surface area contributed by atoms with Crippen molar-refractivity contribution in [3.8, 4) is 0 Å². The second-order valence-electron chi connectivity index (χ2n) is 7.23. The van der Waals surface area contributed by atoms with Gasteiger partial charge in [-0.15, -0.1) is 11.3 Å². The summed E-state index contributed by atoms with van der Waals surface area (Å²) in [6.07, 6.45) is 3.37. The van der Waals surface area contributed by atoms with Crippen LogP contribution in [0.2, 0.25) is 0 Å². The Balaban J connectivity index is 1.65.